The quantitative estimate of drug-likeness (QED) is 0.729. The Kier molecular flexibility index (Phi) is 6.31. The summed E-state index contributed by atoms with van der Waals surface area (Å²) in [5, 5.41) is 11.6. The lowest BCUT2D eigenvalue weighted by atomic mass is 10.0. The first kappa shape index (κ1) is 17.9. The minimum atomic E-state index is -1.22. The van der Waals surface area contributed by atoms with Crippen LogP contribution in [0.2, 0.25) is 0 Å². The van der Waals surface area contributed by atoms with E-state index in [1.54, 1.807) is 4.90 Å². The minimum Gasteiger partial charge on any atom is -0.481 e. The normalized spacial score (nSPS) is 17.0. The van der Waals surface area contributed by atoms with E-state index in [2.05, 4.69) is 5.32 Å². The summed E-state index contributed by atoms with van der Waals surface area (Å²) in [4.78, 5) is 37.4. The first-order valence-electron chi connectivity index (χ1n) is 7.92. The average Bonchev–Trinajstić information content (AvgIpc) is 2.61. The number of amides is 2. The Morgan fingerprint density at radius 1 is 1.21 bits per heavy atom. The number of carbonyl (C=O) groups excluding carboxylic acids is 2. The van der Waals surface area contributed by atoms with Gasteiger partial charge in [0.05, 0.1) is 13.2 Å². The lowest BCUT2D eigenvalue weighted by Gasteiger charge is -2.31. The highest BCUT2D eigenvalue weighted by Crippen LogP contribution is 2.09. The fourth-order valence-electron chi connectivity index (χ4n) is 2.46. The molecule has 1 aromatic carbocycles. The molecule has 1 aliphatic heterocycles. The number of aliphatic carboxylic acids is 1. The molecule has 2 N–H and O–H groups in total. The van der Waals surface area contributed by atoms with Gasteiger partial charge in [-0.1, -0.05) is 30.3 Å². The number of carboxylic acids is 1. The van der Waals surface area contributed by atoms with Gasteiger partial charge in [0.2, 0.25) is 11.8 Å². The number of nitrogens with zero attached hydrogens (tertiary/aromatic N) is 1. The van der Waals surface area contributed by atoms with Gasteiger partial charge in [0, 0.05) is 19.5 Å². The highest BCUT2D eigenvalue weighted by atomic mass is 16.5. The molecule has 1 saturated heterocycles. The summed E-state index contributed by atoms with van der Waals surface area (Å²) in [5.74, 6) is -3.30. The maximum absolute atomic E-state index is 12.7. The molecule has 1 fully saturated rings. The van der Waals surface area contributed by atoms with Crippen LogP contribution in [0.25, 0.3) is 0 Å². The van der Waals surface area contributed by atoms with Gasteiger partial charge in [0.1, 0.15) is 12.0 Å². The highest BCUT2D eigenvalue weighted by molar-refractivity contribution is 5.98. The highest BCUT2D eigenvalue weighted by Gasteiger charge is 2.30. The van der Waals surface area contributed by atoms with Crippen LogP contribution in [0.15, 0.2) is 30.3 Å². The van der Waals surface area contributed by atoms with Crippen LogP contribution in [-0.4, -0.2) is 60.1 Å². The van der Waals surface area contributed by atoms with E-state index in [1.165, 1.54) is 6.92 Å². The number of morpholine rings is 1. The van der Waals surface area contributed by atoms with Gasteiger partial charge in [-0.25, -0.2) is 0 Å². The standard InChI is InChI=1S/C17H22N2O5/c1-12(17(22)23)15(20)18-14(11-13-5-3-2-4-6-13)16(21)19-7-9-24-10-8-19/h2-6,12,14H,7-11H2,1H3,(H,18,20)(H,22,23). The molecule has 1 heterocycles. The molecule has 0 bridgehead atoms. The minimum absolute atomic E-state index is 0.215. The predicted molar refractivity (Wildman–Crippen MR) is 86.3 cm³/mol. The molecule has 0 saturated carbocycles. The summed E-state index contributed by atoms with van der Waals surface area (Å²) in [6, 6.07) is 8.52. The molecule has 24 heavy (non-hydrogen) atoms. The third kappa shape index (κ3) is 4.79. The van der Waals surface area contributed by atoms with Crippen molar-refractivity contribution < 1.29 is 24.2 Å². The number of hydrogen-bond donors (Lipinski definition) is 2. The number of hydrogen-bond acceptors (Lipinski definition) is 4. The number of rotatable bonds is 6. The first-order valence-corrected chi connectivity index (χ1v) is 7.92. The third-order valence-corrected chi connectivity index (χ3v) is 3.98. The van der Waals surface area contributed by atoms with Crippen LogP contribution in [0.1, 0.15) is 12.5 Å². The van der Waals surface area contributed by atoms with Gasteiger partial charge in [-0.3, -0.25) is 14.4 Å². The second-order valence-electron chi connectivity index (χ2n) is 5.75. The maximum atomic E-state index is 12.7. The Morgan fingerprint density at radius 2 is 1.83 bits per heavy atom. The van der Waals surface area contributed by atoms with E-state index >= 15 is 0 Å². The fraction of sp³-hybridized carbons (Fsp3) is 0.471. The van der Waals surface area contributed by atoms with Gasteiger partial charge in [-0.2, -0.15) is 0 Å². The molecule has 1 aliphatic rings. The van der Waals surface area contributed by atoms with Crippen LogP contribution in [0.3, 0.4) is 0 Å². The van der Waals surface area contributed by atoms with Crippen molar-refractivity contribution in [3.05, 3.63) is 35.9 Å². The van der Waals surface area contributed by atoms with Gasteiger partial charge < -0.3 is 20.1 Å². The van der Waals surface area contributed by atoms with Gasteiger partial charge in [0.25, 0.3) is 0 Å². The zero-order valence-corrected chi connectivity index (χ0v) is 13.6. The van der Waals surface area contributed by atoms with Crippen molar-refractivity contribution in [1.29, 1.82) is 0 Å². The summed E-state index contributed by atoms with van der Waals surface area (Å²) in [6.07, 6.45) is 0.315. The second-order valence-corrected chi connectivity index (χ2v) is 5.75. The van der Waals surface area contributed by atoms with Crippen molar-refractivity contribution in [3.8, 4) is 0 Å². The summed E-state index contributed by atoms with van der Waals surface area (Å²) < 4.78 is 5.24. The van der Waals surface area contributed by atoms with Crippen LogP contribution in [0, 0.1) is 5.92 Å². The van der Waals surface area contributed by atoms with E-state index in [0.29, 0.717) is 32.7 Å². The largest absolute Gasteiger partial charge is 0.481 e. The molecule has 2 unspecified atom stereocenters. The smallest absolute Gasteiger partial charge is 0.315 e. The van der Waals surface area contributed by atoms with Crippen molar-refractivity contribution in [3.63, 3.8) is 0 Å². The van der Waals surface area contributed by atoms with Crippen LogP contribution in [-0.2, 0) is 25.5 Å². The predicted octanol–water partition coefficient (Wildman–Crippen LogP) is 0.293. The topological polar surface area (TPSA) is 95.9 Å². The van der Waals surface area contributed by atoms with Crippen molar-refractivity contribution in [2.75, 3.05) is 26.3 Å². The van der Waals surface area contributed by atoms with Gasteiger partial charge in [0.15, 0.2) is 0 Å². The molecule has 2 rings (SSSR count). The molecular weight excluding hydrogens is 312 g/mol. The summed E-state index contributed by atoms with van der Waals surface area (Å²) in [7, 11) is 0. The van der Waals surface area contributed by atoms with Crippen molar-refractivity contribution in [1.82, 2.24) is 10.2 Å². The molecule has 130 valence electrons. The maximum Gasteiger partial charge on any atom is 0.315 e. The van der Waals surface area contributed by atoms with E-state index in [9.17, 15) is 14.4 Å². The van der Waals surface area contributed by atoms with Crippen molar-refractivity contribution >= 4 is 17.8 Å². The molecule has 2 amide bonds. The number of benzene rings is 1. The van der Waals surface area contributed by atoms with Gasteiger partial charge in [-0.05, 0) is 12.5 Å². The number of carbonyl (C=O) groups is 3. The Bertz CT molecular complexity index is 584. The molecular formula is C17H22N2O5. The summed E-state index contributed by atoms with van der Waals surface area (Å²) in [5.41, 5.74) is 0.896. The second kappa shape index (κ2) is 8.44. The fourth-order valence-corrected chi connectivity index (χ4v) is 2.46. The lowest BCUT2D eigenvalue weighted by molar-refractivity contribution is -0.148. The summed E-state index contributed by atoms with van der Waals surface area (Å²) >= 11 is 0. The molecule has 7 heteroatoms. The lowest BCUT2D eigenvalue weighted by Crippen LogP contribution is -2.53. The zero-order chi connectivity index (χ0) is 17.5. The van der Waals surface area contributed by atoms with E-state index in [1.807, 2.05) is 30.3 Å². The molecule has 7 nitrogen and oxygen atoms in total. The first-order chi connectivity index (χ1) is 11.5. The average molecular weight is 334 g/mol. The number of nitrogens with one attached hydrogen (secondary N) is 1. The molecule has 1 aromatic rings. The number of carboxylic acid groups (broad SMARTS) is 1. The van der Waals surface area contributed by atoms with E-state index < -0.39 is 23.8 Å². The van der Waals surface area contributed by atoms with Crippen LogP contribution in [0.4, 0.5) is 0 Å². The van der Waals surface area contributed by atoms with Crippen LogP contribution in [0.5, 0.6) is 0 Å². The van der Waals surface area contributed by atoms with Crippen LogP contribution >= 0.6 is 0 Å². The Hall–Kier alpha value is -2.41. The molecule has 2 atom stereocenters. The molecule has 0 radical (unpaired) electrons. The van der Waals surface area contributed by atoms with E-state index in [0.717, 1.165) is 5.56 Å². The van der Waals surface area contributed by atoms with Gasteiger partial charge >= 0.3 is 5.97 Å². The SMILES string of the molecule is CC(C(=O)O)C(=O)NC(Cc1ccccc1)C(=O)N1CCOCC1. The Morgan fingerprint density at radius 3 is 2.42 bits per heavy atom. The molecule has 0 spiro atoms. The Balaban J connectivity index is 2.12. The monoisotopic (exact) mass is 334 g/mol. The van der Waals surface area contributed by atoms with E-state index in [-0.39, 0.29) is 5.91 Å². The Labute approximate surface area is 140 Å². The van der Waals surface area contributed by atoms with Crippen molar-refractivity contribution in [2.24, 2.45) is 5.92 Å². The van der Waals surface area contributed by atoms with Crippen LogP contribution < -0.4 is 5.32 Å². The van der Waals surface area contributed by atoms with Crippen molar-refractivity contribution in [2.45, 2.75) is 19.4 Å². The third-order valence-electron chi connectivity index (χ3n) is 3.98. The zero-order valence-electron chi connectivity index (χ0n) is 13.6. The number of ether oxygens (including phenoxy) is 1. The van der Waals surface area contributed by atoms with E-state index in [4.69, 9.17) is 9.84 Å². The molecule has 0 aromatic heterocycles. The van der Waals surface area contributed by atoms with Gasteiger partial charge in [-0.15, -0.1) is 0 Å². The molecule has 0 aliphatic carbocycles. The summed E-state index contributed by atoms with van der Waals surface area (Å²) in [6.45, 7) is 3.16.